The number of amides is 1. The highest BCUT2D eigenvalue weighted by molar-refractivity contribution is 7.97. The van der Waals surface area contributed by atoms with Gasteiger partial charge in [-0.25, -0.2) is 4.79 Å². The van der Waals surface area contributed by atoms with E-state index >= 15 is 0 Å². The number of hydrogen-bond donors (Lipinski definition) is 2. The number of rotatable bonds is 8. The minimum Gasteiger partial charge on any atom is -0.464 e. The Morgan fingerprint density at radius 3 is 2.52 bits per heavy atom. The fourth-order valence-electron chi connectivity index (χ4n) is 2.02. The summed E-state index contributed by atoms with van der Waals surface area (Å²) >= 11 is 1.74. The first-order valence-corrected chi connectivity index (χ1v) is 9.37. The van der Waals surface area contributed by atoms with E-state index in [1.807, 2.05) is 32.9 Å². The zero-order valence-electron chi connectivity index (χ0n) is 15.1. The SMILES string of the molecule is CSCc1ccc(CNC(CNC(=O)OC(C)(C)C)C(C)C)o1. The lowest BCUT2D eigenvalue weighted by Gasteiger charge is -2.24. The lowest BCUT2D eigenvalue weighted by atomic mass is 10.0. The fraction of sp³-hybridized carbons (Fsp3) is 0.706. The average molecular weight is 343 g/mol. The summed E-state index contributed by atoms with van der Waals surface area (Å²) in [5.74, 6) is 3.16. The summed E-state index contributed by atoms with van der Waals surface area (Å²) in [5.41, 5.74) is -0.479. The molecule has 1 unspecified atom stereocenters. The minimum atomic E-state index is -0.479. The van der Waals surface area contributed by atoms with Gasteiger partial charge in [-0.3, -0.25) is 0 Å². The molecule has 0 aliphatic heterocycles. The average Bonchev–Trinajstić information content (AvgIpc) is 2.84. The van der Waals surface area contributed by atoms with E-state index in [0.29, 0.717) is 19.0 Å². The number of hydrogen-bond acceptors (Lipinski definition) is 5. The Balaban J connectivity index is 2.44. The second-order valence-electron chi connectivity index (χ2n) is 6.92. The van der Waals surface area contributed by atoms with E-state index in [2.05, 4.69) is 30.7 Å². The van der Waals surface area contributed by atoms with Gasteiger partial charge in [0.2, 0.25) is 0 Å². The molecule has 0 aromatic carbocycles. The van der Waals surface area contributed by atoms with Gasteiger partial charge in [0.25, 0.3) is 0 Å². The van der Waals surface area contributed by atoms with Crippen LogP contribution in [0, 0.1) is 5.92 Å². The van der Waals surface area contributed by atoms with E-state index in [-0.39, 0.29) is 12.1 Å². The molecule has 132 valence electrons. The number of carbonyl (C=O) groups is 1. The normalized spacial score (nSPS) is 13.2. The molecule has 0 bridgehead atoms. The first-order valence-electron chi connectivity index (χ1n) is 7.98. The molecule has 1 amide bonds. The molecule has 0 aliphatic carbocycles. The van der Waals surface area contributed by atoms with Gasteiger partial charge < -0.3 is 19.8 Å². The molecular weight excluding hydrogens is 312 g/mol. The Kier molecular flexibility index (Phi) is 7.99. The number of furan rings is 1. The van der Waals surface area contributed by atoms with Crippen LogP contribution in [0.1, 0.15) is 46.1 Å². The van der Waals surface area contributed by atoms with E-state index in [0.717, 1.165) is 17.3 Å². The molecular formula is C17H30N2O3S. The van der Waals surface area contributed by atoms with Crippen molar-refractivity contribution in [2.75, 3.05) is 12.8 Å². The quantitative estimate of drug-likeness (QED) is 0.753. The topological polar surface area (TPSA) is 63.5 Å². The van der Waals surface area contributed by atoms with Gasteiger partial charge in [-0.2, -0.15) is 11.8 Å². The summed E-state index contributed by atoms with van der Waals surface area (Å²) in [6.45, 7) is 11.0. The summed E-state index contributed by atoms with van der Waals surface area (Å²) in [6.07, 6.45) is 1.67. The van der Waals surface area contributed by atoms with Gasteiger partial charge in [0.1, 0.15) is 17.1 Å². The molecule has 1 aromatic rings. The van der Waals surface area contributed by atoms with Crippen molar-refractivity contribution in [1.82, 2.24) is 10.6 Å². The zero-order chi connectivity index (χ0) is 17.5. The molecule has 0 saturated heterocycles. The molecule has 5 nitrogen and oxygen atoms in total. The van der Waals surface area contributed by atoms with Crippen LogP contribution in [0.3, 0.4) is 0 Å². The second kappa shape index (κ2) is 9.23. The van der Waals surface area contributed by atoms with Crippen molar-refractivity contribution in [2.24, 2.45) is 5.92 Å². The lowest BCUT2D eigenvalue weighted by Crippen LogP contribution is -2.45. The van der Waals surface area contributed by atoms with E-state index in [1.54, 1.807) is 11.8 Å². The molecule has 1 aromatic heterocycles. The van der Waals surface area contributed by atoms with Gasteiger partial charge in [-0.05, 0) is 45.1 Å². The van der Waals surface area contributed by atoms with Crippen molar-refractivity contribution in [3.63, 3.8) is 0 Å². The highest BCUT2D eigenvalue weighted by atomic mass is 32.2. The molecule has 0 spiro atoms. The van der Waals surface area contributed by atoms with Gasteiger partial charge in [0.05, 0.1) is 12.3 Å². The van der Waals surface area contributed by atoms with Crippen LogP contribution in [0.2, 0.25) is 0 Å². The highest BCUT2D eigenvalue weighted by Gasteiger charge is 2.19. The lowest BCUT2D eigenvalue weighted by molar-refractivity contribution is 0.0519. The van der Waals surface area contributed by atoms with E-state index in [1.165, 1.54) is 0 Å². The molecule has 1 heterocycles. The molecule has 6 heteroatoms. The van der Waals surface area contributed by atoms with Crippen LogP contribution in [0.15, 0.2) is 16.5 Å². The Hall–Kier alpha value is -1.14. The van der Waals surface area contributed by atoms with Crippen molar-refractivity contribution in [1.29, 1.82) is 0 Å². The Morgan fingerprint density at radius 1 is 1.30 bits per heavy atom. The van der Waals surface area contributed by atoms with Gasteiger partial charge >= 0.3 is 6.09 Å². The number of thioether (sulfide) groups is 1. The fourth-order valence-corrected chi connectivity index (χ4v) is 2.46. The van der Waals surface area contributed by atoms with Crippen LogP contribution in [0.25, 0.3) is 0 Å². The van der Waals surface area contributed by atoms with Gasteiger partial charge in [0, 0.05) is 12.6 Å². The van der Waals surface area contributed by atoms with Crippen LogP contribution in [-0.2, 0) is 17.0 Å². The van der Waals surface area contributed by atoms with E-state index in [9.17, 15) is 4.79 Å². The summed E-state index contributed by atoms with van der Waals surface area (Å²) in [5, 5.41) is 6.26. The zero-order valence-corrected chi connectivity index (χ0v) is 15.9. The van der Waals surface area contributed by atoms with Crippen LogP contribution >= 0.6 is 11.8 Å². The number of nitrogens with one attached hydrogen (secondary N) is 2. The first kappa shape index (κ1) is 19.9. The maximum Gasteiger partial charge on any atom is 0.407 e. The van der Waals surface area contributed by atoms with Crippen molar-refractivity contribution in [3.05, 3.63) is 23.7 Å². The van der Waals surface area contributed by atoms with Crippen molar-refractivity contribution >= 4 is 17.9 Å². The molecule has 0 radical (unpaired) electrons. The van der Waals surface area contributed by atoms with Crippen molar-refractivity contribution in [2.45, 2.75) is 58.6 Å². The maximum atomic E-state index is 11.8. The van der Waals surface area contributed by atoms with Crippen LogP contribution in [0.4, 0.5) is 4.79 Å². The largest absolute Gasteiger partial charge is 0.464 e. The summed E-state index contributed by atoms with van der Waals surface area (Å²) in [7, 11) is 0. The Labute approximate surface area is 143 Å². The molecule has 0 aliphatic rings. The third-order valence-corrected chi connectivity index (χ3v) is 3.79. The smallest absolute Gasteiger partial charge is 0.407 e. The van der Waals surface area contributed by atoms with E-state index in [4.69, 9.17) is 9.15 Å². The van der Waals surface area contributed by atoms with Crippen molar-refractivity contribution in [3.8, 4) is 0 Å². The molecule has 1 atom stereocenters. The van der Waals surface area contributed by atoms with Gasteiger partial charge in [-0.1, -0.05) is 13.8 Å². The number of ether oxygens (including phenoxy) is 1. The Bertz CT molecular complexity index is 480. The summed E-state index contributed by atoms with van der Waals surface area (Å²) in [4.78, 5) is 11.8. The molecule has 0 fully saturated rings. The minimum absolute atomic E-state index is 0.150. The molecule has 1 rings (SSSR count). The monoisotopic (exact) mass is 342 g/mol. The number of carbonyl (C=O) groups excluding carboxylic acids is 1. The Morgan fingerprint density at radius 2 is 1.96 bits per heavy atom. The third kappa shape index (κ3) is 8.32. The van der Waals surface area contributed by atoms with Gasteiger partial charge in [0.15, 0.2) is 0 Å². The van der Waals surface area contributed by atoms with E-state index < -0.39 is 5.60 Å². The summed E-state index contributed by atoms with van der Waals surface area (Å²) in [6, 6.07) is 4.16. The predicted octanol–water partition coefficient (Wildman–Crippen LogP) is 3.78. The van der Waals surface area contributed by atoms with Crippen molar-refractivity contribution < 1.29 is 13.9 Å². The third-order valence-electron chi connectivity index (χ3n) is 3.21. The molecule has 0 saturated carbocycles. The van der Waals surface area contributed by atoms with Crippen LogP contribution in [-0.4, -0.2) is 30.5 Å². The highest BCUT2D eigenvalue weighted by Crippen LogP contribution is 2.14. The van der Waals surface area contributed by atoms with Crippen LogP contribution in [0.5, 0.6) is 0 Å². The first-order chi connectivity index (χ1) is 10.7. The predicted molar refractivity (Wildman–Crippen MR) is 95.6 cm³/mol. The summed E-state index contributed by atoms with van der Waals surface area (Å²) < 4.78 is 11.0. The van der Waals surface area contributed by atoms with Crippen LogP contribution < -0.4 is 10.6 Å². The molecule has 23 heavy (non-hydrogen) atoms. The molecule has 2 N–H and O–H groups in total. The van der Waals surface area contributed by atoms with Gasteiger partial charge in [-0.15, -0.1) is 0 Å². The number of alkyl carbamates (subject to hydrolysis) is 1. The standard InChI is InChI=1S/C17H30N2O3S/c1-12(2)15(10-19-16(20)22-17(3,4)5)18-9-13-7-8-14(21-13)11-23-6/h7-8,12,15,18H,9-11H2,1-6H3,(H,19,20). The second-order valence-corrected chi connectivity index (χ2v) is 7.78. The maximum absolute atomic E-state index is 11.8.